The molecule has 0 saturated carbocycles. The van der Waals surface area contributed by atoms with Crippen LogP contribution in [0.2, 0.25) is 5.02 Å². The molecule has 1 unspecified atom stereocenters. The number of nitrogens with one attached hydrogen (secondary N) is 1. The summed E-state index contributed by atoms with van der Waals surface area (Å²) in [6, 6.07) is 12.9. The van der Waals surface area contributed by atoms with E-state index in [2.05, 4.69) is 57.3 Å². The van der Waals surface area contributed by atoms with Gasteiger partial charge in [0.25, 0.3) is 0 Å². The lowest BCUT2D eigenvalue weighted by Gasteiger charge is -2.22. The van der Waals surface area contributed by atoms with Crippen LogP contribution >= 0.6 is 11.6 Å². The fraction of sp³-hybridized carbons (Fsp3) is 0.333. The maximum absolute atomic E-state index is 6.00. The van der Waals surface area contributed by atoms with E-state index in [-0.39, 0.29) is 6.04 Å². The molecule has 0 spiro atoms. The van der Waals surface area contributed by atoms with Gasteiger partial charge in [0, 0.05) is 5.02 Å². The molecule has 2 heteroatoms. The van der Waals surface area contributed by atoms with E-state index in [1.807, 2.05) is 12.1 Å². The molecule has 1 nitrogen and oxygen atoms in total. The average molecular weight is 288 g/mol. The molecule has 0 bridgehead atoms. The van der Waals surface area contributed by atoms with Gasteiger partial charge in [0.05, 0.1) is 6.04 Å². The van der Waals surface area contributed by atoms with Crippen LogP contribution in [0.25, 0.3) is 0 Å². The number of aryl methyl sites for hydroxylation is 3. The summed E-state index contributed by atoms with van der Waals surface area (Å²) in [6.45, 7) is 9.58. The molecule has 0 amide bonds. The summed E-state index contributed by atoms with van der Waals surface area (Å²) in [5, 5.41) is 4.36. The van der Waals surface area contributed by atoms with Gasteiger partial charge in [0.15, 0.2) is 0 Å². The van der Waals surface area contributed by atoms with Crippen molar-refractivity contribution in [3.8, 4) is 0 Å². The largest absolute Gasteiger partial charge is 0.307 e. The van der Waals surface area contributed by atoms with Crippen molar-refractivity contribution in [3.63, 3.8) is 0 Å². The number of benzene rings is 2. The van der Waals surface area contributed by atoms with Gasteiger partial charge in [-0.25, -0.2) is 0 Å². The van der Waals surface area contributed by atoms with Crippen LogP contribution in [0.15, 0.2) is 36.4 Å². The van der Waals surface area contributed by atoms with Crippen molar-refractivity contribution in [1.29, 1.82) is 0 Å². The Labute approximate surface area is 127 Å². The van der Waals surface area contributed by atoms with E-state index in [1.165, 1.54) is 27.8 Å². The van der Waals surface area contributed by atoms with Gasteiger partial charge in [-0.15, -0.1) is 0 Å². The monoisotopic (exact) mass is 287 g/mol. The molecular formula is C18H22ClN. The van der Waals surface area contributed by atoms with E-state index in [0.717, 1.165) is 11.6 Å². The van der Waals surface area contributed by atoms with Crippen LogP contribution in [-0.4, -0.2) is 6.54 Å². The lowest BCUT2D eigenvalue weighted by molar-refractivity contribution is 0.627. The van der Waals surface area contributed by atoms with Gasteiger partial charge < -0.3 is 5.32 Å². The Hall–Kier alpha value is -1.31. The minimum Gasteiger partial charge on any atom is -0.307 e. The summed E-state index contributed by atoms with van der Waals surface area (Å²) in [5.74, 6) is 0. The maximum atomic E-state index is 6.00. The molecule has 0 radical (unpaired) electrons. The van der Waals surface area contributed by atoms with Crippen LogP contribution in [0.1, 0.15) is 40.8 Å². The van der Waals surface area contributed by atoms with Gasteiger partial charge in [-0.1, -0.05) is 42.8 Å². The molecule has 0 heterocycles. The highest BCUT2D eigenvalue weighted by Crippen LogP contribution is 2.28. The lowest BCUT2D eigenvalue weighted by atomic mass is 9.91. The SMILES string of the molecule is CCNC(c1ccc(Cl)cc1)c1cc(C)c(C)cc1C. The minimum absolute atomic E-state index is 0.219. The smallest absolute Gasteiger partial charge is 0.0579 e. The first-order valence-corrected chi connectivity index (χ1v) is 7.47. The van der Waals surface area contributed by atoms with Crippen molar-refractivity contribution < 1.29 is 0 Å². The van der Waals surface area contributed by atoms with Gasteiger partial charge in [0.2, 0.25) is 0 Å². The summed E-state index contributed by atoms with van der Waals surface area (Å²) in [4.78, 5) is 0. The molecule has 0 fully saturated rings. The Kier molecular flexibility index (Phi) is 4.85. The van der Waals surface area contributed by atoms with E-state index in [9.17, 15) is 0 Å². The van der Waals surface area contributed by atoms with Crippen LogP contribution in [0.3, 0.4) is 0 Å². The third-order valence-corrected chi connectivity index (χ3v) is 4.06. The Bertz CT molecular complexity index is 587. The highest BCUT2D eigenvalue weighted by molar-refractivity contribution is 6.30. The maximum Gasteiger partial charge on any atom is 0.0579 e. The molecule has 1 atom stereocenters. The van der Waals surface area contributed by atoms with Crippen molar-refractivity contribution in [2.75, 3.05) is 6.54 Å². The van der Waals surface area contributed by atoms with E-state index >= 15 is 0 Å². The molecular weight excluding hydrogens is 266 g/mol. The quantitative estimate of drug-likeness (QED) is 0.838. The van der Waals surface area contributed by atoms with Crippen LogP contribution in [0, 0.1) is 20.8 Å². The van der Waals surface area contributed by atoms with E-state index in [0.29, 0.717) is 0 Å². The lowest BCUT2D eigenvalue weighted by Crippen LogP contribution is -2.23. The molecule has 0 aromatic heterocycles. The number of hydrogen-bond donors (Lipinski definition) is 1. The van der Waals surface area contributed by atoms with Crippen molar-refractivity contribution in [2.24, 2.45) is 0 Å². The molecule has 2 aromatic carbocycles. The van der Waals surface area contributed by atoms with Crippen molar-refractivity contribution in [2.45, 2.75) is 33.7 Å². The van der Waals surface area contributed by atoms with Crippen LogP contribution in [0.5, 0.6) is 0 Å². The van der Waals surface area contributed by atoms with Gasteiger partial charge in [-0.2, -0.15) is 0 Å². The predicted molar refractivity (Wildman–Crippen MR) is 87.6 cm³/mol. The Morgan fingerprint density at radius 1 is 0.950 bits per heavy atom. The molecule has 0 aliphatic heterocycles. The highest BCUT2D eigenvalue weighted by atomic mass is 35.5. The Morgan fingerprint density at radius 3 is 2.15 bits per heavy atom. The number of rotatable bonds is 4. The molecule has 20 heavy (non-hydrogen) atoms. The van der Waals surface area contributed by atoms with Crippen LogP contribution in [0.4, 0.5) is 0 Å². The van der Waals surface area contributed by atoms with Crippen molar-refractivity contribution in [1.82, 2.24) is 5.32 Å². The zero-order valence-corrected chi connectivity index (χ0v) is 13.4. The third-order valence-electron chi connectivity index (χ3n) is 3.80. The predicted octanol–water partition coefficient (Wildman–Crippen LogP) is 4.96. The molecule has 0 saturated heterocycles. The van der Waals surface area contributed by atoms with Gasteiger partial charge in [-0.05, 0) is 67.3 Å². The summed E-state index contributed by atoms with van der Waals surface area (Å²) in [5.41, 5.74) is 6.61. The summed E-state index contributed by atoms with van der Waals surface area (Å²) < 4.78 is 0. The second-order valence-corrected chi connectivity index (χ2v) is 5.77. The molecule has 2 aromatic rings. The molecule has 106 valence electrons. The average Bonchev–Trinajstić information content (AvgIpc) is 2.42. The molecule has 0 aliphatic rings. The van der Waals surface area contributed by atoms with Crippen LogP contribution in [-0.2, 0) is 0 Å². The van der Waals surface area contributed by atoms with E-state index in [4.69, 9.17) is 11.6 Å². The van der Waals surface area contributed by atoms with Crippen molar-refractivity contribution in [3.05, 3.63) is 69.2 Å². The number of halogens is 1. The van der Waals surface area contributed by atoms with Crippen LogP contribution < -0.4 is 5.32 Å². The minimum atomic E-state index is 0.219. The second-order valence-electron chi connectivity index (χ2n) is 5.34. The highest BCUT2D eigenvalue weighted by Gasteiger charge is 2.16. The fourth-order valence-electron chi connectivity index (χ4n) is 2.56. The first-order valence-electron chi connectivity index (χ1n) is 7.09. The molecule has 1 N–H and O–H groups in total. The second kappa shape index (κ2) is 6.43. The van der Waals surface area contributed by atoms with E-state index in [1.54, 1.807) is 0 Å². The molecule has 0 aliphatic carbocycles. The summed E-state index contributed by atoms with van der Waals surface area (Å²) in [7, 11) is 0. The zero-order valence-electron chi connectivity index (χ0n) is 12.6. The Balaban J connectivity index is 2.48. The van der Waals surface area contributed by atoms with Gasteiger partial charge >= 0.3 is 0 Å². The standard InChI is InChI=1S/C18H22ClN/c1-5-20-18(15-6-8-16(19)9-7-15)17-11-13(3)12(2)10-14(17)4/h6-11,18,20H,5H2,1-4H3. The third kappa shape index (κ3) is 3.23. The van der Waals surface area contributed by atoms with Gasteiger partial charge in [0.1, 0.15) is 0 Å². The first-order chi connectivity index (χ1) is 9.52. The molecule has 2 rings (SSSR count). The summed E-state index contributed by atoms with van der Waals surface area (Å²) >= 11 is 6.00. The Morgan fingerprint density at radius 2 is 1.55 bits per heavy atom. The van der Waals surface area contributed by atoms with Crippen molar-refractivity contribution >= 4 is 11.6 Å². The fourth-order valence-corrected chi connectivity index (χ4v) is 2.69. The number of hydrogen-bond acceptors (Lipinski definition) is 1. The zero-order chi connectivity index (χ0) is 14.7. The van der Waals surface area contributed by atoms with E-state index < -0.39 is 0 Å². The summed E-state index contributed by atoms with van der Waals surface area (Å²) in [6.07, 6.45) is 0. The first kappa shape index (κ1) is 15.1. The normalized spacial score (nSPS) is 12.4. The van der Waals surface area contributed by atoms with Gasteiger partial charge in [-0.3, -0.25) is 0 Å². The topological polar surface area (TPSA) is 12.0 Å².